The van der Waals surface area contributed by atoms with Crippen LogP contribution in [0.1, 0.15) is 29.1 Å². The second-order valence-corrected chi connectivity index (χ2v) is 5.85. The van der Waals surface area contributed by atoms with E-state index in [2.05, 4.69) is 10.3 Å². The summed E-state index contributed by atoms with van der Waals surface area (Å²) in [6, 6.07) is 5.79. The third-order valence-electron chi connectivity index (χ3n) is 2.70. The molecule has 0 saturated heterocycles. The number of nitrogens with zero attached hydrogens (tertiary/aromatic N) is 1. The first-order chi connectivity index (χ1) is 9.41. The Bertz CT molecular complexity index is 566. The zero-order valence-electron chi connectivity index (χ0n) is 10.5. The van der Waals surface area contributed by atoms with Crippen molar-refractivity contribution in [1.29, 1.82) is 0 Å². The predicted octanol–water partition coefficient (Wildman–Crippen LogP) is 4.51. The van der Waals surface area contributed by atoms with Crippen LogP contribution in [0.25, 0.3) is 0 Å². The van der Waals surface area contributed by atoms with E-state index in [-0.39, 0.29) is 6.04 Å². The normalized spacial score (nSPS) is 13.4. The zero-order chi connectivity index (χ0) is 14.8. The van der Waals surface area contributed by atoms with E-state index in [0.29, 0.717) is 16.6 Å². The van der Waals surface area contributed by atoms with Gasteiger partial charge in [0, 0.05) is 11.1 Å². The van der Waals surface area contributed by atoms with Crippen molar-refractivity contribution in [3.05, 3.63) is 50.9 Å². The van der Waals surface area contributed by atoms with Crippen LogP contribution in [0.5, 0.6) is 0 Å². The minimum atomic E-state index is -4.37. The largest absolute Gasteiger partial charge is 0.417 e. The molecule has 0 fully saturated rings. The lowest BCUT2D eigenvalue weighted by Crippen LogP contribution is -2.22. The van der Waals surface area contributed by atoms with E-state index in [4.69, 9.17) is 11.6 Å². The number of nitrogens with one attached hydrogen (secondary N) is 1. The Balaban J connectivity index is 2.30. The number of hydrogen-bond acceptors (Lipinski definition) is 3. The molecule has 0 aromatic carbocycles. The van der Waals surface area contributed by atoms with Crippen LogP contribution >= 0.6 is 22.9 Å². The maximum Gasteiger partial charge on any atom is 0.417 e. The van der Waals surface area contributed by atoms with Crippen molar-refractivity contribution in [2.45, 2.75) is 19.1 Å². The number of hydrogen-bond donors (Lipinski definition) is 1. The fraction of sp³-hybridized carbons (Fsp3) is 0.308. The van der Waals surface area contributed by atoms with Crippen molar-refractivity contribution >= 4 is 22.9 Å². The van der Waals surface area contributed by atoms with Gasteiger partial charge in [0.2, 0.25) is 0 Å². The summed E-state index contributed by atoms with van der Waals surface area (Å²) in [7, 11) is 0. The number of thiophene rings is 1. The van der Waals surface area contributed by atoms with E-state index >= 15 is 0 Å². The quantitative estimate of drug-likeness (QED) is 0.896. The summed E-state index contributed by atoms with van der Waals surface area (Å²) in [6.07, 6.45) is -3.51. The van der Waals surface area contributed by atoms with Crippen LogP contribution in [0.2, 0.25) is 4.34 Å². The number of aromatic nitrogens is 1. The highest BCUT2D eigenvalue weighted by atomic mass is 35.5. The van der Waals surface area contributed by atoms with Gasteiger partial charge in [0.15, 0.2) is 0 Å². The van der Waals surface area contributed by atoms with Crippen molar-refractivity contribution in [3.8, 4) is 0 Å². The molecule has 1 N–H and O–H groups in total. The topological polar surface area (TPSA) is 24.9 Å². The number of alkyl halides is 3. The average molecular weight is 321 g/mol. The van der Waals surface area contributed by atoms with Crippen LogP contribution in [-0.2, 0) is 6.18 Å². The van der Waals surface area contributed by atoms with Gasteiger partial charge in [0.05, 0.1) is 21.6 Å². The maximum atomic E-state index is 12.5. The Hall–Kier alpha value is -1.11. The lowest BCUT2D eigenvalue weighted by atomic mass is 10.1. The van der Waals surface area contributed by atoms with Gasteiger partial charge in [0.1, 0.15) is 0 Å². The molecule has 2 heterocycles. The molecule has 0 saturated carbocycles. The van der Waals surface area contributed by atoms with Crippen LogP contribution in [0.3, 0.4) is 0 Å². The highest BCUT2D eigenvalue weighted by Gasteiger charge is 2.31. The second-order valence-electron chi connectivity index (χ2n) is 4.10. The minimum Gasteiger partial charge on any atom is -0.305 e. The molecule has 108 valence electrons. The summed E-state index contributed by atoms with van der Waals surface area (Å²) in [4.78, 5) is 4.85. The van der Waals surface area contributed by atoms with E-state index in [1.807, 2.05) is 13.0 Å². The van der Waals surface area contributed by atoms with Crippen molar-refractivity contribution in [3.63, 3.8) is 0 Å². The van der Waals surface area contributed by atoms with Crippen LogP contribution in [0.4, 0.5) is 13.2 Å². The fourth-order valence-electron chi connectivity index (χ4n) is 1.78. The molecular weight excluding hydrogens is 309 g/mol. The summed E-state index contributed by atoms with van der Waals surface area (Å²) in [5, 5.41) is 3.19. The van der Waals surface area contributed by atoms with Crippen LogP contribution in [-0.4, -0.2) is 11.5 Å². The molecule has 0 aliphatic heterocycles. The molecule has 0 spiro atoms. The lowest BCUT2D eigenvalue weighted by molar-refractivity contribution is -0.137. The average Bonchev–Trinajstić information content (AvgIpc) is 2.81. The summed E-state index contributed by atoms with van der Waals surface area (Å²) < 4.78 is 38.2. The first kappa shape index (κ1) is 15.3. The maximum absolute atomic E-state index is 12.5. The van der Waals surface area contributed by atoms with E-state index < -0.39 is 11.7 Å². The van der Waals surface area contributed by atoms with Crippen LogP contribution in [0, 0.1) is 0 Å². The monoisotopic (exact) mass is 320 g/mol. The van der Waals surface area contributed by atoms with E-state index in [9.17, 15) is 13.2 Å². The molecule has 7 heteroatoms. The Morgan fingerprint density at radius 3 is 2.50 bits per heavy atom. The highest BCUT2D eigenvalue weighted by molar-refractivity contribution is 7.16. The Morgan fingerprint density at radius 2 is 2.05 bits per heavy atom. The molecule has 0 aliphatic rings. The number of halogens is 4. The first-order valence-electron chi connectivity index (χ1n) is 5.93. The number of pyridine rings is 1. The summed E-state index contributed by atoms with van der Waals surface area (Å²) in [5.74, 6) is 0. The summed E-state index contributed by atoms with van der Waals surface area (Å²) >= 11 is 7.28. The SMILES string of the molecule is CCNC(c1ccc(C(F)(F)F)cn1)c1ccc(Cl)s1. The van der Waals surface area contributed by atoms with Gasteiger partial charge in [0.25, 0.3) is 0 Å². The molecule has 2 aromatic heterocycles. The molecular formula is C13H12ClF3N2S. The van der Waals surface area contributed by atoms with Crippen molar-refractivity contribution in [2.75, 3.05) is 6.54 Å². The van der Waals surface area contributed by atoms with E-state index in [1.54, 1.807) is 6.07 Å². The lowest BCUT2D eigenvalue weighted by Gasteiger charge is -2.16. The van der Waals surface area contributed by atoms with E-state index in [1.165, 1.54) is 17.4 Å². The predicted molar refractivity (Wildman–Crippen MR) is 74.1 cm³/mol. The van der Waals surface area contributed by atoms with Gasteiger partial charge >= 0.3 is 6.18 Å². The molecule has 0 radical (unpaired) electrons. The van der Waals surface area contributed by atoms with Crippen molar-refractivity contribution in [1.82, 2.24) is 10.3 Å². The molecule has 2 aromatic rings. The Morgan fingerprint density at radius 1 is 1.30 bits per heavy atom. The highest BCUT2D eigenvalue weighted by Crippen LogP contribution is 2.32. The smallest absolute Gasteiger partial charge is 0.305 e. The molecule has 1 atom stereocenters. The van der Waals surface area contributed by atoms with Gasteiger partial charge in [-0.2, -0.15) is 13.2 Å². The minimum absolute atomic E-state index is 0.250. The molecule has 2 rings (SSSR count). The zero-order valence-corrected chi connectivity index (χ0v) is 12.1. The van der Waals surface area contributed by atoms with Gasteiger partial charge in [-0.3, -0.25) is 4.98 Å². The molecule has 0 aliphatic carbocycles. The molecule has 1 unspecified atom stereocenters. The van der Waals surface area contributed by atoms with Crippen LogP contribution in [0.15, 0.2) is 30.5 Å². The van der Waals surface area contributed by atoms with Crippen molar-refractivity contribution < 1.29 is 13.2 Å². The third kappa shape index (κ3) is 3.50. The second kappa shape index (κ2) is 6.11. The Labute approximate surface area is 123 Å². The van der Waals surface area contributed by atoms with Gasteiger partial charge in [-0.05, 0) is 30.8 Å². The fourth-order valence-corrected chi connectivity index (χ4v) is 2.93. The molecule has 0 bridgehead atoms. The summed E-state index contributed by atoms with van der Waals surface area (Å²) in [6.45, 7) is 2.59. The summed E-state index contributed by atoms with van der Waals surface area (Å²) in [5.41, 5.74) is -0.209. The van der Waals surface area contributed by atoms with Crippen LogP contribution < -0.4 is 5.32 Å². The third-order valence-corrected chi connectivity index (χ3v) is 3.99. The molecule has 20 heavy (non-hydrogen) atoms. The van der Waals surface area contributed by atoms with Crippen molar-refractivity contribution in [2.24, 2.45) is 0 Å². The Kier molecular flexibility index (Phi) is 4.67. The van der Waals surface area contributed by atoms with Gasteiger partial charge in [-0.15, -0.1) is 11.3 Å². The molecule has 0 amide bonds. The molecule has 2 nitrogen and oxygen atoms in total. The standard InChI is InChI=1S/C13H12ClF3N2S/c1-2-18-12(10-5-6-11(14)20-10)9-4-3-8(7-19-9)13(15,16)17/h3-7,12,18H,2H2,1H3. The van der Waals surface area contributed by atoms with Gasteiger partial charge < -0.3 is 5.32 Å². The van der Waals surface area contributed by atoms with Gasteiger partial charge in [-0.1, -0.05) is 18.5 Å². The van der Waals surface area contributed by atoms with E-state index in [0.717, 1.165) is 17.1 Å². The number of rotatable bonds is 4. The first-order valence-corrected chi connectivity index (χ1v) is 7.13. The van der Waals surface area contributed by atoms with Gasteiger partial charge in [-0.25, -0.2) is 0 Å².